The first kappa shape index (κ1) is 13.3. The summed E-state index contributed by atoms with van der Waals surface area (Å²) >= 11 is 3.37. The van der Waals surface area contributed by atoms with E-state index in [9.17, 15) is 4.39 Å². The van der Waals surface area contributed by atoms with Crippen LogP contribution in [-0.2, 0) is 6.42 Å². The van der Waals surface area contributed by atoms with E-state index in [0.29, 0.717) is 12.0 Å². The van der Waals surface area contributed by atoms with Crippen LogP contribution < -0.4 is 5.32 Å². The zero-order valence-corrected chi connectivity index (χ0v) is 11.7. The van der Waals surface area contributed by atoms with E-state index in [1.165, 1.54) is 6.07 Å². The van der Waals surface area contributed by atoms with Crippen molar-refractivity contribution in [3.8, 4) is 0 Å². The molecule has 18 heavy (non-hydrogen) atoms. The lowest BCUT2D eigenvalue weighted by Gasteiger charge is -2.17. The Morgan fingerprint density at radius 3 is 2.89 bits per heavy atom. The van der Waals surface area contributed by atoms with Crippen molar-refractivity contribution in [1.29, 1.82) is 0 Å². The number of halogens is 2. The first-order chi connectivity index (χ1) is 8.70. The minimum absolute atomic E-state index is 0.0672. The Labute approximate surface area is 114 Å². The number of benzene rings is 1. The SMILES string of the molecule is CCNC(Cc1cc(Br)ccc1F)c1ccoc1. The van der Waals surface area contributed by atoms with E-state index >= 15 is 0 Å². The second kappa shape index (κ2) is 6.16. The van der Waals surface area contributed by atoms with Gasteiger partial charge in [-0.2, -0.15) is 0 Å². The van der Waals surface area contributed by atoms with Crippen molar-refractivity contribution in [1.82, 2.24) is 5.32 Å². The molecule has 0 saturated carbocycles. The second-order valence-electron chi connectivity index (χ2n) is 4.11. The zero-order chi connectivity index (χ0) is 13.0. The predicted molar refractivity (Wildman–Crippen MR) is 72.9 cm³/mol. The monoisotopic (exact) mass is 311 g/mol. The summed E-state index contributed by atoms with van der Waals surface area (Å²) in [5, 5.41) is 3.34. The summed E-state index contributed by atoms with van der Waals surface area (Å²) in [7, 11) is 0. The summed E-state index contributed by atoms with van der Waals surface area (Å²) in [6.07, 6.45) is 3.93. The number of likely N-dealkylation sites (N-methyl/N-ethyl adjacent to an activating group) is 1. The Morgan fingerprint density at radius 2 is 2.22 bits per heavy atom. The van der Waals surface area contributed by atoms with E-state index in [1.807, 2.05) is 19.1 Å². The molecule has 4 heteroatoms. The lowest BCUT2D eigenvalue weighted by atomic mass is 10.0. The third kappa shape index (κ3) is 3.21. The van der Waals surface area contributed by atoms with Crippen LogP contribution in [0.3, 0.4) is 0 Å². The Balaban J connectivity index is 2.21. The Hall–Kier alpha value is -1.13. The molecule has 0 spiro atoms. The van der Waals surface area contributed by atoms with Crippen molar-refractivity contribution >= 4 is 15.9 Å². The molecular formula is C14H15BrFNO. The number of furan rings is 1. The summed E-state index contributed by atoms with van der Waals surface area (Å²) in [6.45, 7) is 2.86. The molecule has 1 unspecified atom stereocenters. The molecule has 0 radical (unpaired) electrons. The van der Waals surface area contributed by atoms with Gasteiger partial charge in [-0.3, -0.25) is 0 Å². The van der Waals surface area contributed by atoms with E-state index in [4.69, 9.17) is 4.42 Å². The molecule has 0 fully saturated rings. The van der Waals surface area contributed by atoms with Gasteiger partial charge in [0, 0.05) is 16.1 Å². The van der Waals surface area contributed by atoms with Crippen LogP contribution in [-0.4, -0.2) is 6.54 Å². The zero-order valence-electron chi connectivity index (χ0n) is 10.1. The van der Waals surface area contributed by atoms with Gasteiger partial charge in [0.2, 0.25) is 0 Å². The van der Waals surface area contributed by atoms with Gasteiger partial charge in [-0.05, 0) is 42.8 Å². The maximum Gasteiger partial charge on any atom is 0.126 e. The van der Waals surface area contributed by atoms with Crippen LogP contribution in [0.15, 0.2) is 45.7 Å². The van der Waals surface area contributed by atoms with Gasteiger partial charge in [-0.25, -0.2) is 4.39 Å². The first-order valence-electron chi connectivity index (χ1n) is 5.90. The normalized spacial score (nSPS) is 12.6. The molecule has 0 saturated heterocycles. The van der Waals surface area contributed by atoms with Gasteiger partial charge in [0.25, 0.3) is 0 Å². The summed E-state index contributed by atoms with van der Waals surface area (Å²) in [6, 6.07) is 6.98. The van der Waals surface area contributed by atoms with Gasteiger partial charge in [-0.1, -0.05) is 22.9 Å². The molecule has 0 aliphatic carbocycles. The van der Waals surface area contributed by atoms with Crippen molar-refractivity contribution in [2.45, 2.75) is 19.4 Å². The molecule has 1 atom stereocenters. The van der Waals surface area contributed by atoms with E-state index in [2.05, 4.69) is 21.2 Å². The summed E-state index contributed by atoms with van der Waals surface area (Å²) in [5.74, 6) is -0.176. The summed E-state index contributed by atoms with van der Waals surface area (Å²) in [5.41, 5.74) is 1.73. The molecule has 0 bridgehead atoms. The van der Waals surface area contributed by atoms with Crippen LogP contribution in [0.4, 0.5) is 4.39 Å². The Bertz CT molecular complexity index is 499. The highest BCUT2D eigenvalue weighted by atomic mass is 79.9. The van der Waals surface area contributed by atoms with Crippen molar-refractivity contribution in [3.05, 3.63) is 58.2 Å². The maximum atomic E-state index is 13.7. The molecule has 0 aliphatic heterocycles. The lowest BCUT2D eigenvalue weighted by Crippen LogP contribution is -2.22. The quantitative estimate of drug-likeness (QED) is 0.900. The lowest BCUT2D eigenvalue weighted by molar-refractivity contribution is 0.512. The minimum Gasteiger partial charge on any atom is -0.472 e. The van der Waals surface area contributed by atoms with Gasteiger partial charge in [0.1, 0.15) is 5.82 Å². The van der Waals surface area contributed by atoms with Gasteiger partial charge >= 0.3 is 0 Å². The van der Waals surface area contributed by atoms with Crippen LogP contribution in [0.2, 0.25) is 0 Å². The van der Waals surface area contributed by atoms with Crippen LogP contribution in [0.1, 0.15) is 24.1 Å². The minimum atomic E-state index is -0.176. The molecule has 2 nitrogen and oxygen atoms in total. The van der Waals surface area contributed by atoms with Crippen LogP contribution in [0.25, 0.3) is 0 Å². The highest BCUT2D eigenvalue weighted by Crippen LogP contribution is 2.23. The second-order valence-corrected chi connectivity index (χ2v) is 5.02. The Kier molecular flexibility index (Phi) is 4.55. The van der Waals surface area contributed by atoms with Crippen LogP contribution >= 0.6 is 15.9 Å². The van der Waals surface area contributed by atoms with Gasteiger partial charge < -0.3 is 9.73 Å². The molecule has 1 N–H and O–H groups in total. The number of nitrogens with one attached hydrogen (secondary N) is 1. The fourth-order valence-electron chi connectivity index (χ4n) is 1.95. The summed E-state index contributed by atoms with van der Waals surface area (Å²) < 4.78 is 19.7. The van der Waals surface area contributed by atoms with Crippen molar-refractivity contribution < 1.29 is 8.81 Å². The Morgan fingerprint density at radius 1 is 1.39 bits per heavy atom. The van der Waals surface area contributed by atoms with Crippen molar-refractivity contribution in [2.75, 3.05) is 6.54 Å². The fourth-order valence-corrected chi connectivity index (χ4v) is 2.36. The average Bonchev–Trinajstić information content (AvgIpc) is 2.87. The van der Waals surface area contributed by atoms with Crippen LogP contribution in [0, 0.1) is 5.82 Å². The molecule has 0 aliphatic rings. The predicted octanol–water partition coefficient (Wildman–Crippen LogP) is 4.07. The van der Waals surface area contributed by atoms with Crippen molar-refractivity contribution in [2.24, 2.45) is 0 Å². The number of hydrogen-bond donors (Lipinski definition) is 1. The van der Waals surface area contributed by atoms with Gasteiger partial charge in [0.05, 0.1) is 12.5 Å². The molecule has 96 valence electrons. The van der Waals surface area contributed by atoms with Crippen LogP contribution in [0.5, 0.6) is 0 Å². The largest absolute Gasteiger partial charge is 0.472 e. The molecule has 0 amide bonds. The van der Waals surface area contributed by atoms with E-state index in [-0.39, 0.29) is 11.9 Å². The topological polar surface area (TPSA) is 25.2 Å². The molecular weight excluding hydrogens is 297 g/mol. The molecule has 1 aromatic heterocycles. The first-order valence-corrected chi connectivity index (χ1v) is 6.69. The smallest absolute Gasteiger partial charge is 0.126 e. The van der Waals surface area contributed by atoms with Crippen molar-refractivity contribution in [3.63, 3.8) is 0 Å². The molecule has 1 aromatic carbocycles. The highest BCUT2D eigenvalue weighted by Gasteiger charge is 2.14. The fraction of sp³-hybridized carbons (Fsp3) is 0.286. The third-order valence-corrected chi connectivity index (χ3v) is 3.32. The summed E-state index contributed by atoms with van der Waals surface area (Å²) in [4.78, 5) is 0. The van der Waals surface area contributed by atoms with Gasteiger partial charge in [-0.15, -0.1) is 0 Å². The van der Waals surface area contributed by atoms with E-state index in [0.717, 1.165) is 16.6 Å². The van der Waals surface area contributed by atoms with Gasteiger partial charge in [0.15, 0.2) is 0 Å². The number of hydrogen-bond acceptors (Lipinski definition) is 2. The molecule has 2 rings (SSSR count). The average molecular weight is 312 g/mol. The maximum absolute atomic E-state index is 13.7. The number of rotatable bonds is 5. The molecule has 2 aromatic rings. The molecule has 1 heterocycles. The van der Waals surface area contributed by atoms with E-state index < -0.39 is 0 Å². The van der Waals surface area contributed by atoms with E-state index in [1.54, 1.807) is 18.6 Å². The standard InChI is InChI=1S/C14H15BrFNO/c1-2-17-14(10-5-6-18-9-10)8-11-7-12(15)3-4-13(11)16/h3-7,9,14,17H,2,8H2,1H3. The third-order valence-electron chi connectivity index (χ3n) is 2.83. The highest BCUT2D eigenvalue weighted by molar-refractivity contribution is 9.10.